The first-order valence-corrected chi connectivity index (χ1v) is 10.6. The number of carbonyl (C=O) groups is 2. The van der Waals surface area contributed by atoms with Crippen LogP contribution in [0.1, 0.15) is 17.7 Å². The fourth-order valence-corrected chi connectivity index (χ4v) is 4.17. The van der Waals surface area contributed by atoms with Crippen molar-refractivity contribution in [3.8, 4) is 0 Å². The first-order chi connectivity index (χ1) is 15.7. The summed E-state index contributed by atoms with van der Waals surface area (Å²) in [5.74, 6) is 0.0345. The molecule has 4 aromatic rings. The van der Waals surface area contributed by atoms with E-state index in [-0.39, 0.29) is 18.2 Å². The number of hydrogen-bond donors (Lipinski definition) is 1. The Hall–Kier alpha value is -4.00. The Bertz CT molecular complexity index is 1260. The summed E-state index contributed by atoms with van der Waals surface area (Å²) in [4.78, 5) is 31.3. The Morgan fingerprint density at radius 3 is 2.69 bits per heavy atom. The van der Waals surface area contributed by atoms with Crippen LogP contribution in [0, 0.1) is 5.92 Å². The number of nitrogens with zero attached hydrogens (tertiary/aromatic N) is 4. The van der Waals surface area contributed by atoms with Gasteiger partial charge in [0.25, 0.3) is 0 Å². The molecule has 160 valence electrons. The second kappa shape index (κ2) is 8.63. The molecule has 2 aromatic heterocycles. The van der Waals surface area contributed by atoms with Crippen LogP contribution in [-0.2, 0) is 22.7 Å². The molecule has 2 aromatic carbocycles. The number of pyridine rings is 1. The van der Waals surface area contributed by atoms with Crippen LogP contribution in [0.3, 0.4) is 0 Å². The van der Waals surface area contributed by atoms with Gasteiger partial charge in [-0.3, -0.25) is 14.6 Å². The predicted molar refractivity (Wildman–Crippen MR) is 122 cm³/mol. The summed E-state index contributed by atoms with van der Waals surface area (Å²) in [5.41, 5.74) is 1.94. The van der Waals surface area contributed by atoms with Crippen molar-refractivity contribution in [2.45, 2.75) is 19.5 Å². The SMILES string of the molecule is O=C(Nc1ccnn1Cc1cccc2ccccc12)C1CC(=O)N(Cc2ccccn2)C1. The van der Waals surface area contributed by atoms with Gasteiger partial charge in [0.15, 0.2) is 0 Å². The summed E-state index contributed by atoms with van der Waals surface area (Å²) in [7, 11) is 0. The molecular formula is C25H23N5O2. The van der Waals surface area contributed by atoms with E-state index in [1.807, 2.05) is 36.4 Å². The van der Waals surface area contributed by atoms with Gasteiger partial charge in [0.2, 0.25) is 11.8 Å². The summed E-state index contributed by atoms with van der Waals surface area (Å²) in [5, 5.41) is 9.70. The number of fused-ring (bicyclic) bond motifs is 1. The maximum absolute atomic E-state index is 12.9. The third kappa shape index (κ3) is 4.09. The summed E-state index contributed by atoms with van der Waals surface area (Å²) in [6.45, 7) is 1.35. The lowest BCUT2D eigenvalue weighted by atomic mass is 10.0. The van der Waals surface area contributed by atoms with Gasteiger partial charge >= 0.3 is 0 Å². The highest BCUT2D eigenvalue weighted by molar-refractivity contribution is 5.96. The lowest BCUT2D eigenvalue weighted by Gasteiger charge is -2.16. The molecular weight excluding hydrogens is 402 g/mol. The number of likely N-dealkylation sites (tertiary alicyclic amines) is 1. The number of aromatic nitrogens is 3. The smallest absolute Gasteiger partial charge is 0.230 e. The quantitative estimate of drug-likeness (QED) is 0.513. The van der Waals surface area contributed by atoms with Crippen LogP contribution in [0.2, 0.25) is 0 Å². The maximum atomic E-state index is 12.9. The summed E-state index contributed by atoms with van der Waals surface area (Å²) in [6.07, 6.45) is 3.58. The average molecular weight is 425 g/mol. The normalized spacial score (nSPS) is 15.9. The predicted octanol–water partition coefficient (Wildman–Crippen LogP) is 3.47. The van der Waals surface area contributed by atoms with Crippen molar-refractivity contribution in [1.82, 2.24) is 19.7 Å². The fourth-order valence-electron chi connectivity index (χ4n) is 4.17. The number of hydrogen-bond acceptors (Lipinski definition) is 4. The minimum atomic E-state index is -0.396. The van der Waals surface area contributed by atoms with Gasteiger partial charge < -0.3 is 10.2 Å². The topological polar surface area (TPSA) is 80.1 Å². The third-order valence-electron chi connectivity index (χ3n) is 5.83. The number of nitrogens with one attached hydrogen (secondary N) is 1. The van der Waals surface area contributed by atoms with Crippen LogP contribution < -0.4 is 5.32 Å². The van der Waals surface area contributed by atoms with Crippen LogP contribution >= 0.6 is 0 Å². The molecule has 2 amide bonds. The van der Waals surface area contributed by atoms with Crippen LogP contribution in [-0.4, -0.2) is 38.0 Å². The van der Waals surface area contributed by atoms with Crippen LogP contribution in [0.4, 0.5) is 5.82 Å². The van der Waals surface area contributed by atoms with E-state index in [1.165, 1.54) is 5.39 Å². The molecule has 0 saturated carbocycles. The van der Waals surface area contributed by atoms with Gasteiger partial charge in [0.05, 0.1) is 30.9 Å². The Balaban J connectivity index is 1.27. The molecule has 1 N–H and O–H groups in total. The van der Waals surface area contributed by atoms with Crippen molar-refractivity contribution >= 4 is 28.4 Å². The van der Waals surface area contributed by atoms with E-state index in [1.54, 1.807) is 28.0 Å². The molecule has 1 atom stereocenters. The lowest BCUT2D eigenvalue weighted by Crippen LogP contribution is -2.28. The second-order valence-electron chi connectivity index (χ2n) is 8.00. The van der Waals surface area contributed by atoms with E-state index < -0.39 is 5.92 Å². The molecule has 7 heteroatoms. The third-order valence-corrected chi connectivity index (χ3v) is 5.83. The van der Waals surface area contributed by atoms with Crippen molar-refractivity contribution in [3.63, 3.8) is 0 Å². The molecule has 5 rings (SSSR count). The lowest BCUT2D eigenvalue weighted by molar-refractivity contribution is -0.128. The fraction of sp³-hybridized carbons (Fsp3) is 0.200. The Morgan fingerprint density at radius 2 is 1.81 bits per heavy atom. The van der Waals surface area contributed by atoms with Gasteiger partial charge in [-0.05, 0) is 28.5 Å². The average Bonchev–Trinajstić information content (AvgIpc) is 3.41. The number of benzene rings is 2. The Labute approximate surface area is 185 Å². The van der Waals surface area contributed by atoms with E-state index in [4.69, 9.17) is 0 Å². The zero-order valence-corrected chi connectivity index (χ0v) is 17.5. The van der Waals surface area contributed by atoms with Crippen molar-refractivity contribution in [2.24, 2.45) is 5.92 Å². The van der Waals surface area contributed by atoms with Crippen molar-refractivity contribution < 1.29 is 9.59 Å². The van der Waals surface area contributed by atoms with Gasteiger partial charge in [0, 0.05) is 25.2 Å². The standard InChI is InChI=1S/C25H23N5O2/c31-24-14-20(15-29(24)17-21-9-3-4-12-26-21)25(32)28-23-11-13-27-30(23)16-19-8-5-7-18-6-1-2-10-22(18)19/h1-13,20H,14-17H2,(H,28,32). The van der Waals surface area contributed by atoms with E-state index in [9.17, 15) is 9.59 Å². The highest BCUT2D eigenvalue weighted by Crippen LogP contribution is 2.23. The monoisotopic (exact) mass is 425 g/mol. The molecule has 1 fully saturated rings. The zero-order valence-electron chi connectivity index (χ0n) is 17.5. The Morgan fingerprint density at radius 1 is 0.969 bits per heavy atom. The first-order valence-electron chi connectivity index (χ1n) is 10.6. The Kier molecular flexibility index (Phi) is 5.37. The van der Waals surface area contributed by atoms with Gasteiger partial charge in [-0.15, -0.1) is 0 Å². The first kappa shape index (κ1) is 19.9. The van der Waals surface area contributed by atoms with Gasteiger partial charge in [-0.2, -0.15) is 5.10 Å². The molecule has 0 aliphatic carbocycles. The van der Waals surface area contributed by atoms with Crippen LogP contribution in [0.15, 0.2) is 79.1 Å². The molecule has 1 unspecified atom stereocenters. The highest BCUT2D eigenvalue weighted by Gasteiger charge is 2.34. The number of amides is 2. The van der Waals surface area contributed by atoms with E-state index in [2.05, 4.69) is 39.7 Å². The van der Waals surface area contributed by atoms with Crippen molar-refractivity contribution in [1.29, 1.82) is 0 Å². The summed E-state index contributed by atoms with van der Waals surface area (Å²) < 4.78 is 1.78. The van der Waals surface area contributed by atoms with Gasteiger partial charge in [-0.1, -0.05) is 48.5 Å². The minimum Gasteiger partial charge on any atom is -0.336 e. The molecule has 0 radical (unpaired) electrons. The molecule has 3 heterocycles. The maximum Gasteiger partial charge on any atom is 0.230 e. The summed E-state index contributed by atoms with van der Waals surface area (Å²) >= 11 is 0. The van der Waals surface area contributed by atoms with Crippen LogP contribution in [0.5, 0.6) is 0 Å². The van der Waals surface area contributed by atoms with E-state index in [0.29, 0.717) is 25.5 Å². The molecule has 7 nitrogen and oxygen atoms in total. The number of anilines is 1. The molecule has 0 spiro atoms. The van der Waals surface area contributed by atoms with Crippen molar-refractivity contribution in [2.75, 3.05) is 11.9 Å². The van der Waals surface area contributed by atoms with Gasteiger partial charge in [0.1, 0.15) is 5.82 Å². The second-order valence-corrected chi connectivity index (χ2v) is 8.00. The molecule has 32 heavy (non-hydrogen) atoms. The molecule has 0 bridgehead atoms. The van der Waals surface area contributed by atoms with E-state index >= 15 is 0 Å². The number of rotatable bonds is 6. The molecule has 1 aliphatic rings. The van der Waals surface area contributed by atoms with Crippen LogP contribution in [0.25, 0.3) is 10.8 Å². The zero-order chi connectivity index (χ0) is 21.9. The molecule has 1 aliphatic heterocycles. The van der Waals surface area contributed by atoms with E-state index in [0.717, 1.165) is 16.6 Å². The van der Waals surface area contributed by atoms with Crippen molar-refractivity contribution in [3.05, 3.63) is 90.4 Å². The minimum absolute atomic E-state index is 0.0277. The van der Waals surface area contributed by atoms with Gasteiger partial charge in [-0.25, -0.2) is 4.68 Å². The highest BCUT2D eigenvalue weighted by atomic mass is 16.2. The summed E-state index contributed by atoms with van der Waals surface area (Å²) in [6, 6.07) is 21.8. The largest absolute Gasteiger partial charge is 0.336 e. The number of carbonyl (C=O) groups excluding carboxylic acids is 2. The molecule has 1 saturated heterocycles.